The highest BCUT2D eigenvalue weighted by atomic mass is 16.2. The molecule has 0 radical (unpaired) electrons. The summed E-state index contributed by atoms with van der Waals surface area (Å²) >= 11 is 0. The SMILES string of the molecule is CCCCC(=O)N1CCC(NC(=O)c2cccnc2)CC1. The molecule has 5 nitrogen and oxygen atoms in total. The van der Waals surface area contributed by atoms with Crippen LogP contribution >= 0.6 is 0 Å². The zero-order chi connectivity index (χ0) is 15.1. The van der Waals surface area contributed by atoms with E-state index >= 15 is 0 Å². The van der Waals surface area contributed by atoms with Crippen LogP contribution in [-0.4, -0.2) is 40.8 Å². The van der Waals surface area contributed by atoms with Crippen molar-refractivity contribution in [3.63, 3.8) is 0 Å². The third-order valence-corrected chi connectivity index (χ3v) is 3.85. The molecule has 2 heterocycles. The maximum Gasteiger partial charge on any atom is 0.253 e. The lowest BCUT2D eigenvalue weighted by molar-refractivity contribution is -0.132. The van der Waals surface area contributed by atoms with Crippen LogP contribution in [0.15, 0.2) is 24.5 Å². The third kappa shape index (κ3) is 4.55. The van der Waals surface area contributed by atoms with E-state index in [-0.39, 0.29) is 17.9 Å². The Hall–Kier alpha value is -1.91. The van der Waals surface area contributed by atoms with Crippen LogP contribution in [0.25, 0.3) is 0 Å². The summed E-state index contributed by atoms with van der Waals surface area (Å²) in [4.78, 5) is 29.8. The molecular weight excluding hydrogens is 266 g/mol. The highest BCUT2D eigenvalue weighted by Crippen LogP contribution is 2.13. The number of amides is 2. The van der Waals surface area contributed by atoms with Crippen molar-refractivity contribution < 1.29 is 9.59 Å². The van der Waals surface area contributed by atoms with E-state index in [0.717, 1.165) is 38.8 Å². The second-order valence-corrected chi connectivity index (χ2v) is 5.47. The van der Waals surface area contributed by atoms with E-state index in [1.165, 1.54) is 0 Å². The lowest BCUT2D eigenvalue weighted by Gasteiger charge is -2.32. The van der Waals surface area contributed by atoms with Gasteiger partial charge in [0.15, 0.2) is 0 Å². The lowest BCUT2D eigenvalue weighted by atomic mass is 10.0. The topological polar surface area (TPSA) is 62.3 Å². The first-order valence-corrected chi connectivity index (χ1v) is 7.69. The van der Waals surface area contributed by atoms with Gasteiger partial charge in [-0.15, -0.1) is 0 Å². The van der Waals surface area contributed by atoms with Gasteiger partial charge in [0.05, 0.1) is 5.56 Å². The number of piperidine rings is 1. The Morgan fingerprint density at radius 1 is 1.38 bits per heavy atom. The van der Waals surface area contributed by atoms with Gasteiger partial charge >= 0.3 is 0 Å². The van der Waals surface area contributed by atoms with Crippen LogP contribution in [0.4, 0.5) is 0 Å². The van der Waals surface area contributed by atoms with Crippen molar-refractivity contribution in [1.29, 1.82) is 0 Å². The Labute approximate surface area is 125 Å². The fourth-order valence-electron chi connectivity index (χ4n) is 2.53. The number of nitrogens with zero attached hydrogens (tertiary/aromatic N) is 2. The second-order valence-electron chi connectivity index (χ2n) is 5.47. The van der Waals surface area contributed by atoms with Crippen LogP contribution in [-0.2, 0) is 4.79 Å². The van der Waals surface area contributed by atoms with E-state index < -0.39 is 0 Å². The molecule has 0 aromatic carbocycles. The fourth-order valence-corrected chi connectivity index (χ4v) is 2.53. The average molecular weight is 289 g/mol. The first-order valence-electron chi connectivity index (χ1n) is 7.69. The van der Waals surface area contributed by atoms with Crippen LogP contribution in [0.5, 0.6) is 0 Å². The van der Waals surface area contributed by atoms with Crippen LogP contribution in [0.2, 0.25) is 0 Å². The summed E-state index contributed by atoms with van der Waals surface area (Å²) in [7, 11) is 0. The molecule has 1 aromatic rings. The summed E-state index contributed by atoms with van der Waals surface area (Å²) in [5, 5.41) is 3.02. The molecule has 1 N–H and O–H groups in total. The first-order chi connectivity index (χ1) is 10.2. The van der Waals surface area contributed by atoms with E-state index in [9.17, 15) is 9.59 Å². The van der Waals surface area contributed by atoms with Crippen LogP contribution in [0.1, 0.15) is 49.4 Å². The number of carbonyl (C=O) groups is 2. The number of rotatable bonds is 5. The summed E-state index contributed by atoms with van der Waals surface area (Å²) in [6, 6.07) is 3.66. The standard InChI is InChI=1S/C16H23N3O2/c1-2-3-6-15(20)19-10-7-14(8-11-19)18-16(21)13-5-4-9-17-12-13/h4-5,9,12,14H,2-3,6-8,10-11H2,1H3,(H,18,21). The Morgan fingerprint density at radius 2 is 2.14 bits per heavy atom. The average Bonchev–Trinajstić information content (AvgIpc) is 2.54. The van der Waals surface area contributed by atoms with Gasteiger partial charge in [-0.2, -0.15) is 0 Å². The summed E-state index contributed by atoms with van der Waals surface area (Å²) in [5.41, 5.74) is 0.582. The maximum absolute atomic E-state index is 12.0. The van der Waals surface area contributed by atoms with Gasteiger partial charge in [-0.05, 0) is 31.4 Å². The smallest absolute Gasteiger partial charge is 0.253 e. The molecule has 0 atom stereocenters. The van der Waals surface area contributed by atoms with Crippen LogP contribution in [0.3, 0.4) is 0 Å². The molecular formula is C16H23N3O2. The molecule has 1 saturated heterocycles. The lowest BCUT2D eigenvalue weighted by Crippen LogP contribution is -2.46. The summed E-state index contributed by atoms with van der Waals surface area (Å²) in [6.07, 6.45) is 7.51. The van der Waals surface area contributed by atoms with E-state index in [1.54, 1.807) is 24.5 Å². The van der Waals surface area contributed by atoms with Gasteiger partial charge < -0.3 is 10.2 Å². The molecule has 114 valence electrons. The maximum atomic E-state index is 12.0. The number of hydrogen-bond donors (Lipinski definition) is 1. The largest absolute Gasteiger partial charge is 0.349 e. The molecule has 1 fully saturated rings. The molecule has 5 heteroatoms. The number of unbranched alkanes of at least 4 members (excludes halogenated alkanes) is 1. The van der Waals surface area contributed by atoms with Gasteiger partial charge in [-0.25, -0.2) is 0 Å². The Kier molecular flexibility index (Phi) is 5.72. The molecule has 0 spiro atoms. The summed E-state index contributed by atoms with van der Waals surface area (Å²) in [5.74, 6) is 0.160. The van der Waals surface area contributed by atoms with E-state index in [1.807, 2.05) is 4.90 Å². The molecule has 2 rings (SSSR count). The highest BCUT2D eigenvalue weighted by molar-refractivity contribution is 5.94. The zero-order valence-corrected chi connectivity index (χ0v) is 12.5. The van der Waals surface area contributed by atoms with Gasteiger partial charge in [0.1, 0.15) is 0 Å². The molecule has 0 unspecified atom stereocenters. The van der Waals surface area contributed by atoms with Crippen molar-refractivity contribution >= 4 is 11.8 Å². The predicted octanol–water partition coefficient (Wildman–Crippen LogP) is 1.99. The number of hydrogen-bond acceptors (Lipinski definition) is 3. The third-order valence-electron chi connectivity index (χ3n) is 3.85. The molecule has 1 aromatic heterocycles. The first kappa shape index (κ1) is 15.5. The minimum Gasteiger partial charge on any atom is -0.349 e. The minimum atomic E-state index is -0.0844. The van der Waals surface area contributed by atoms with E-state index in [0.29, 0.717) is 12.0 Å². The zero-order valence-electron chi connectivity index (χ0n) is 12.5. The number of carbonyl (C=O) groups excluding carboxylic acids is 2. The van der Waals surface area contributed by atoms with Gasteiger partial charge in [0.25, 0.3) is 5.91 Å². The summed E-state index contributed by atoms with van der Waals surface area (Å²) < 4.78 is 0. The normalized spacial score (nSPS) is 15.8. The minimum absolute atomic E-state index is 0.0844. The molecule has 0 saturated carbocycles. The van der Waals surface area contributed by atoms with Crippen molar-refractivity contribution in [3.05, 3.63) is 30.1 Å². The fraction of sp³-hybridized carbons (Fsp3) is 0.562. The van der Waals surface area contributed by atoms with Gasteiger partial charge in [0, 0.05) is 37.9 Å². The van der Waals surface area contributed by atoms with Crippen molar-refractivity contribution in [2.24, 2.45) is 0 Å². The summed E-state index contributed by atoms with van der Waals surface area (Å²) in [6.45, 7) is 3.56. The van der Waals surface area contributed by atoms with Crippen LogP contribution in [0, 0.1) is 0 Å². The van der Waals surface area contributed by atoms with Crippen molar-refractivity contribution in [2.45, 2.75) is 45.1 Å². The highest BCUT2D eigenvalue weighted by Gasteiger charge is 2.23. The van der Waals surface area contributed by atoms with Crippen molar-refractivity contribution in [2.75, 3.05) is 13.1 Å². The molecule has 1 aliphatic heterocycles. The Morgan fingerprint density at radius 3 is 2.76 bits per heavy atom. The molecule has 2 amide bonds. The molecule has 21 heavy (non-hydrogen) atoms. The Balaban J connectivity index is 1.77. The second kappa shape index (κ2) is 7.76. The van der Waals surface area contributed by atoms with Gasteiger partial charge in [-0.1, -0.05) is 13.3 Å². The number of aromatic nitrogens is 1. The number of pyridine rings is 1. The quantitative estimate of drug-likeness (QED) is 0.901. The van der Waals surface area contributed by atoms with Gasteiger partial charge in [0.2, 0.25) is 5.91 Å². The predicted molar refractivity (Wildman–Crippen MR) is 80.8 cm³/mol. The van der Waals surface area contributed by atoms with Gasteiger partial charge in [-0.3, -0.25) is 14.6 Å². The Bertz CT molecular complexity index is 468. The van der Waals surface area contributed by atoms with Crippen molar-refractivity contribution in [3.8, 4) is 0 Å². The van der Waals surface area contributed by atoms with Crippen LogP contribution < -0.4 is 5.32 Å². The number of nitrogens with one attached hydrogen (secondary N) is 1. The molecule has 1 aliphatic rings. The number of likely N-dealkylation sites (tertiary alicyclic amines) is 1. The van der Waals surface area contributed by atoms with E-state index in [2.05, 4.69) is 17.2 Å². The molecule has 0 bridgehead atoms. The van der Waals surface area contributed by atoms with E-state index in [4.69, 9.17) is 0 Å². The monoisotopic (exact) mass is 289 g/mol. The van der Waals surface area contributed by atoms with Crippen molar-refractivity contribution in [1.82, 2.24) is 15.2 Å². The molecule has 0 aliphatic carbocycles.